The molecular weight excluding hydrogens is 456 g/mol. The monoisotopic (exact) mass is 480 g/mol. The number of halogens is 4. The van der Waals surface area contributed by atoms with Crippen molar-refractivity contribution in [2.24, 2.45) is 11.3 Å². The molecule has 1 aliphatic rings. The highest BCUT2D eigenvalue weighted by atomic mass is 32.1. The van der Waals surface area contributed by atoms with Crippen molar-refractivity contribution in [3.8, 4) is 0 Å². The van der Waals surface area contributed by atoms with Crippen LogP contribution in [0.15, 0.2) is 12.4 Å². The highest BCUT2D eigenvalue weighted by Crippen LogP contribution is 2.44. The summed E-state index contributed by atoms with van der Waals surface area (Å²) in [6.07, 6.45) is -0.158. The zero-order chi connectivity index (χ0) is 23.5. The van der Waals surface area contributed by atoms with Gasteiger partial charge >= 0.3 is 0 Å². The van der Waals surface area contributed by atoms with Crippen LogP contribution < -0.4 is 0 Å². The molecule has 0 spiro atoms. The van der Waals surface area contributed by atoms with Gasteiger partial charge in [0.05, 0.1) is 5.39 Å². The van der Waals surface area contributed by atoms with Gasteiger partial charge in [-0.25, -0.2) is 32.0 Å². The fourth-order valence-electron chi connectivity index (χ4n) is 4.64. The van der Waals surface area contributed by atoms with Gasteiger partial charge in [0.25, 0.3) is 12.9 Å². The van der Waals surface area contributed by atoms with Gasteiger partial charge in [0.15, 0.2) is 11.5 Å². The lowest BCUT2D eigenvalue weighted by Gasteiger charge is -2.36. The van der Waals surface area contributed by atoms with E-state index in [-0.39, 0.29) is 17.8 Å². The third-order valence-electron chi connectivity index (χ3n) is 7.01. The molecule has 0 amide bonds. The van der Waals surface area contributed by atoms with Crippen LogP contribution >= 0.6 is 11.3 Å². The quantitative estimate of drug-likeness (QED) is 0.318. The van der Waals surface area contributed by atoms with E-state index in [1.807, 2.05) is 0 Å². The van der Waals surface area contributed by atoms with Crippen LogP contribution in [0, 0.1) is 11.3 Å². The summed E-state index contributed by atoms with van der Waals surface area (Å²) in [4.78, 5) is 11.3. The number of rotatable bonds is 6. The Morgan fingerprint density at radius 2 is 1.97 bits per heavy atom. The lowest BCUT2D eigenvalue weighted by atomic mass is 9.70. The van der Waals surface area contributed by atoms with Gasteiger partial charge < -0.3 is 0 Å². The molecule has 4 heterocycles. The van der Waals surface area contributed by atoms with Crippen molar-refractivity contribution >= 4 is 27.2 Å². The highest BCUT2D eigenvalue weighted by molar-refractivity contribution is 7.19. The van der Waals surface area contributed by atoms with E-state index >= 15 is 0 Å². The van der Waals surface area contributed by atoms with Crippen LogP contribution in [-0.4, -0.2) is 29.4 Å². The molecule has 4 aromatic heterocycles. The number of hydrogen-bond donors (Lipinski definition) is 0. The second-order valence-corrected chi connectivity index (χ2v) is 10.3. The van der Waals surface area contributed by atoms with Gasteiger partial charge in [-0.15, -0.1) is 16.4 Å². The van der Waals surface area contributed by atoms with Gasteiger partial charge in [0, 0.05) is 4.88 Å². The largest absolute Gasteiger partial charge is 0.282 e. The van der Waals surface area contributed by atoms with Crippen LogP contribution in [0.25, 0.3) is 15.9 Å². The third-order valence-corrected chi connectivity index (χ3v) is 8.18. The molecule has 0 aliphatic heterocycles. The smallest absolute Gasteiger partial charge is 0.256 e. The number of aromatic nitrogens is 6. The summed E-state index contributed by atoms with van der Waals surface area (Å²) in [5.74, 6) is 0.819. The highest BCUT2D eigenvalue weighted by Gasteiger charge is 2.33. The Morgan fingerprint density at radius 3 is 2.67 bits per heavy atom. The maximum Gasteiger partial charge on any atom is 0.282 e. The van der Waals surface area contributed by atoms with Crippen LogP contribution in [0.3, 0.4) is 0 Å². The van der Waals surface area contributed by atoms with Crippen molar-refractivity contribution in [2.75, 3.05) is 0 Å². The summed E-state index contributed by atoms with van der Waals surface area (Å²) < 4.78 is 55.1. The molecule has 0 saturated heterocycles. The molecule has 0 bridgehead atoms. The van der Waals surface area contributed by atoms with E-state index in [1.54, 1.807) is 17.7 Å². The second-order valence-electron chi connectivity index (χ2n) is 9.26. The van der Waals surface area contributed by atoms with Crippen molar-refractivity contribution in [2.45, 2.75) is 65.9 Å². The summed E-state index contributed by atoms with van der Waals surface area (Å²) in [5, 5.41) is 8.96. The number of alkyl halides is 4. The first-order valence-corrected chi connectivity index (χ1v) is 11.8. The first-order chi connectivity index (χ1) is 15.7. The molecule has 176 valence electrons. The molecule has 4 aromatic rings. The topological polar surface area (TPSA) is 60.9 Å². The Morgan fingerprint density at radius 1 is 1.18 bits per heavy atom. The first kappa shape index (κ1) is 22.2. The Labute approximate surface area is 191 Å². The minimum Gasteiger partial charge on any atom is -0.256 e. The van der Waals surface area contributed by atoms with E-state index in [0.717, 1.165) is 46.6 Å². The molecule has 11 heteroatoms. The van der Waals surface area contributed by atoms with Gasteiger partial charge in [-0.3, -0.25) is 4.68 Å². The van der Waals surface area contributed by atoms with Crippen molar-refractivity contribution in [1.29, 1.82) is 0 Å². The summed E-state index contributed by atoms with van der Waals surface area (Å²) in [6.45, 7) is 6.64. The molecule has 33 heavy (non-hydrogen) atoms. The van der Waals surface area contributed by atoms with E-state index in [0.29, 0.717) is 11.6 Å². The number of thiophene rings is 1. The Hall–Kier alpha value is -2.56. The van der Waals surface area contributed by atoms with Crippen LogP contribution in [-0.2, 0) is 19.4 Å². The molecular formula is C22H24F4N6S. The van der Waals surface area contributed by atoms with Crippen LogP contribution in [0.2, 0.25) is 0 Å². The molecule has 0 N–H and O–H groups in total. The fourth-order valence-corrected chi connectivity index (χ4v) is 5.90. The van der Waals surface area contributed by atoms with Gasteiger partial charge in [-0.2, -0.15) is 5.10 Å². The van der Waals surface area contributed by atoms with Gasteiger partial charge in [-0.05, 0) is 42.2 Å². The molecule has 6 nitrogen and oxygen atoms in total. The Balaban J connectivity index is 1.53. The summed E-state index contributed by atoms with van der Waals surface area (Å²) in [7, 11) is 0. The van der Waals surface area contributed by atoms with Gasteiger partial charge in [0.2, 0.25) is 0 Å². The lowest BCUT2D eigenvalue weighted by molar-refractivity contribution is 0.139. The first-order valence-electron chi connectivity index (χ1n) is 11.0. The molecule has 1 atom stereocenters. The fraction of sp³-hybridized carbons (Fsp3) is 0.545. The second kappa shape index (κ2) is 8.03. The van der Waals surface area contributed by atoms with E-state index < -0.39 is 24.2 Å². The van der Waals surface area contributed by atoms with Gasteiger partial charge in [-0.1, -0.05) is 27.2 Å². The maximum absolute atomic E-state index is 13.3. The minimum atomic E-state index is -2.93. The molecule has 0 aromatic carbocycles. The van der Waals surface area contributed by atoms with Crippen LogP contribution in [0.5, 0.6) is 0 Å². The van der Waals surface area contributed by atoms with Crippen molar-refractivity contribution in [1.82, 2.24) is 29.4 Å². The number of fused-ring (bicyclic) bond motifs is 5. The maximum atomic E-state index is 13.3. The lowest BCUT2D eigenvalue weighted by Crippen LogP contribution is -2.28. The number of aryl methyl sites for hydroxylation is 1. The summed E-state index contributed by atoms with van der Waals surface area (Å²) in [6, 6.07) is 0.731. The van der Waals surface area contributed by atoms with Gasteiger partial charge in [0.1, 0.15) is 29.1 Å². The van der Waals surface area contributed by atoms with E-state index in [9.17, 15) is 17.6 Å². The Kier molecular flexibility index (Phi) is 5.42. The molecule has 5 rings (SSSR count). The third kappa shape index (κ3) is 3.79. The SMILES string of the molecule is CCC(C)(C)[C@H]1CCc2c(sc3ncn4nc(Cn5nc(C(F)F)cc5C(F)F)nc4c23)C1. The zero-order valence-corrected chi connectivity index (χ0v) is 19.3. The van der Waals surface area contributed by atoms with Crippen LogP contribution in [0.1, 0.15) is 74.1 Å². The number of nitrogens with zero attached hydrogens (tertiary/aromatic N) is 6. The predicted molar refractivity (Wildman–Crippen MR) is 117 cm³/mol. The van der Waals surface area contributed by atoms with Crippen LogP contribution in [0.4, 0.5) is 17.6 Å². The van der Waals surface area contributed by atoms with E-state index in [1.165, 1.54) is 15.0 Å². The van der Waals surface area contributed by atoms with Crippen molar-refractivity contribution in [3.05, 3.63) is 40.0 Å². The zero-order valence-electron chi connectivity index (χ0n) is 18.5. The van der Waals surface area contributed by atoms with E-state index in [2.05, 4.69) is 40.9 Å². The molecule has 0 unspecified atom stereocenters. The van der Waals surface area contributed by atoms with E-state index in [4.69, 9.17) is 0 Å². The minimum absolute atomic E-state index is 0.218. The molecule has 0 saturated carbocycles. The number of hydrogen-bond acceptors (Lipinski definition) is 5. The van der Waals surface area contributed by atoms with Crippen molar-refractivity contribution < 1.29 is 17.6 Å². The summed E-state index contributed by atoms with van der Waals surface area (Å²) in [5.41, 5.74) is 0.852. The molecule has 1 aliphatic carbocycles. The predicted octanol–water partition coefficient (Wildman–Crippen LogP) is 6.00. The summed E-state index contributed by atoms with van der Waals surface area (Å²) >= 11 is 1.68. The Bertz CT molecular complexity index is 1320. The standard InChI is InChI=1S/C22H24F4N6S/c1-4-22(2,3)11-5-6-12-15(7-11)33-21-17(12)20-28-16(30-32(20)10-27-21)9-31-14(19(25)26)8-13(29-31)18(23)24/h8,10-11,18-19H,4-7,9H2,1-3H3/t11-/m0/s1. The average Bonchev–Trinajstić information content (AvgIpc) is 3.47. The normalized spacial score (nSPS) is 17.1. The average molecular weight is 481 g/mol. The molecule has 0 radical (unpaired) electrons. The van der Waals surface area contributed by atoms with Crippen molar-refractivity contribution in [3.63, 3.8) is 0 Å². The molecule has 0 fully saturated rings.